The van der Waals surface area contributed by atoms with Gasteiger partial charge in [-0.2, -0.15) is 5.26 Å². The first kappa shape index (κ1) is 13.4. The van der Waals surface area contributed by atoms with Crippen molar-refractivity contribution in [3.8, 4) is 6.07 Å². The lowest BCUT2D eigenvalue weighted by atomic mass is 10.1. The summed E-state index contributed by atoms with van der Waals surface area (Å²) in [5.74, 6) is -0.477. The van der Waals surface area contributed by atoms with Gasteiger partial charge in [0, 0.05) is 6.20 Å². The maximum Gasteiger partial charge on any atom is 0.267 e. The predicted molar refractivity (Wildman–Crippen MR) is 72.2 cm³/mol. The molecule has 0 aliphatic carbocycles. The normalized spacial score (nSPS) is 12.9. The average molecular weight is 274 g/mol. The van der Waals surface area contributed by atoms with Gasteiger partial charge in [-0.3, -0.25) is 0 Å². The molecule has 98 valence electrons. The number of hydrogen-bond donors (Lipinski definition) is 0. The molecule has 4 nitrogen and oxygen atoms in total. The molecule has 2 rings (SSSR count). The summed E-state index contributed by atoms with van der Waals surface area (Å²) in [6.45, 7) is 3.58. The number of rotatable bonds is 3. The summed E-state index contributed by atoms with van der Waals surface area (Å²) in [7, 11) is -3.63. The summed E-state index contributed by atoms with van der Waals surface area (Å²) in [4.78, 5) is 0.223. The molecule has 0 N–H and O–H groups in total. The van der Waals surface area contributed by atoms with Crippen molar-refractivity contribution in [1.29, 1.82) is 5.26 Å². The molecule has 0 saturated carbocycles. The minimum atomic E-state index is -3.63. The Kier molecular flexibility index (Phi) is 3.45. The highest BCUT2D eigenvalue weighted by molar-refractivity contribution is 7.90. The third-order valence-corrected chi connectivity index (χ3v) is 4.68. The maximum absolute atomic E-state index is 12.5. The molecule has 0 amide bonds. The molecule has 0 unspecified atom stereocenters. The molecule has 1 atom stereocenters. The minimum Gasteiger partial charge on any atom is -0.245 e. The van der Waals surface area contributed by atoms with Crippen LogP contribution in [0.4, 0.5) is 0 Å². The largest absolute Gasteiger partial charge is 0.267 e. The van der Waals surface area contributed by atoms with Crippen molar-refractivity contribution < 1.29 is 8.42 Å². The molecule has 0 spiro atoms. The fraction of sp³-hybridized carbons (Fsp3) is 0.214. The van der Waals surface area contributed by atoms with Crippen molar-refractivity contribution in [1.82, 2.24) is 3.97 Å². The lowest BCUT2D eigenvalue weighted by Crippen LogP contribution is -2.15. The first-order valence-electron chi connectivity index (χ1n) is 5.86. The molecule has 1 aromatic carbocycles. The molecule has 0 aliphatic rings. The van der Waals surface area contributed by atoms with Gasteiger partial charge >= 0.3 is 0 Å². The molecule has 0 aliphatic heterocycles. The standard InChI is InChI=1S/C14H14N2O2S/c1-11-5-7-13(8-6-11)19(17,18)16-9-3-4-14(16)12(2)10-15/h3-9,12H,1-2H3/t12-/m1/s1. The zero-order valence-corrected chi connectivity index (χ0v) is 11.6. The van der Waals surface area contributed by atoms with Gasteiger partial charge in [-0.15, -0.1) is 0 Å². The molecule has 1 heterocycles. The Balaban J connectivity index is 2.55. The third-order valence-electron chi connectivity index (χ3n) is 2.96. The molecule has 1 aromatic heterocycles. The van der Waals surface area contributed by atoms with E-state index >= 15 is 0 Å². The van der Waals surface area contributed by atoms with Gasteiger partial charge in [0.15, 0.2) is 0 Å². The van der Waals surface area contributed by atoms with Gasteiger partial charge in [0.05, 0.1) is 22.6 Å². The van der Waals surface area contributed by atoms with E-state index in [2.05, 4.69) is 6.07 Å². The van der Waals surface area contributed by atoms with E-state index < -0.39 is 15.9 Å². The number of aromatic nitrogens is 1. The van der Waals surface area contributed by atoms with Crippen molar-refractivity contribution >= 4 is 10.0 Å². The summed E-state index contributed by atoms with van der Waals surface area (Å²) in [6.07, 6.45) is 1.47. The van der Waals surface area contributed by atoms with Crippen LogP contribution >= 0.6 is 0 Å². The molecular formula is C14H14N2O2S. The smallest absolute Gasteiger partial charge is 0.245 e. The van der Waals surface area contributed by atoms with Crippen molar-refractivity contribution in [2.75, 3.05) is 0 Å². The van der Waals surface area contributed by atoms with Gasteiger partial charge in [0.1, 0.15) is 0 Å². The van der Waals surface area contributed by atoms with E-state index in [1.165, 1.54) is 10.2 Å². The van der Waals surface area contributed by atoms with Crippen LogP contribution in [0.3, 0.4) is 0 Å². The molecule has 0 bridgehead atoms. The fourth-order valence-corrected chi connectivity index (χ4v) is 3.26. The topological polar surface area (TPSA) is 62.9 Å². The van der Waals surface area contributed by atoms with Gasteiger partial charge in [0.25, 0.3) is 10.0 Å². The van der Waals surface area contributed by atoms with Crippen LogP contribution in [0.1, 0.15) is 24.1 Å². The number of aryl methyl sites for hydroxylation is 1. The minimum absolute atomic E-state index is 0.223. The first-order valence-corrected chi connectivity index (χ1v) is 7.30. The van der Waals surface area contributed by atoms with Crippen LogP contribution in [0.15, 0.2) is 47.5 Å². The Morgan fingerprint density at radius 1 is 1.21 bits per heavy atom. The Hall–Kier alpha value is -2.06. The third kappa shape index (κ3) is 2.40. The summed E-state index contributed by atoms with van der Waals surface area (Å²) >= 11 is 0. The predicted octanol–water partition coefficient (Wildman–Crippen LogP) is 2.66. The van der Waals surface area contributed by atoms with Crippen molar-refractivity contribution in [3.63, 3.8) is 0 Å². The number of nitriles is 1. The number of benzene rings is 1. The second kappa shape index (κ2) is 4.90. The van der Waals surface area contributed by atoms with E-state index in [-0.39, 0.29) is 4.90 Å². The Bertz CT molecular complexity index is 722. The van der Waals surface area contributed by atoms with Gasteiger partial charge in [-0.05, 0) is 38.1 Å². The number of nitrogens with zero attached hydrogens (tertiary/aromatic N) is 2. The molecule has 2 aromatic rings. The van der Waals surface area contributed by atoms with E-state index in [1.54, 1.807) is 43.3 Å². The van der Waals surface area contributed by atoms with Crippen molar-refractivity contribution in [3.05, 3.63) is 53.9 Å². The van der Waals surface area contributed by atoms with E-state index in [9.17, 15) is 8.42 Å². The highest BCUT2D eigenvalue weighted by Gasteiger charge is 2.21. The van der Waals surface area contributed by atoms with Crippen LogP contribution in [0.2, 0.25) is 0 Å². The van der Waals surface area contributed by atoms with Crippen LogP contribution in [0.25, 0.3) is 0 Å². The zero-order valence-electron chi connectivity index (χ0n) is 10.7. The quantitative estimate of drug-likeness (QED) is 0.864. The van der Waals surface area contributed by atoms with Gasteiger partial charge in [-0.25, -0.2) is 12.4 Å². The van der Waals surface area contributed by atoms with E-state index in [0.29, 0.717) is 5.69 Å². The number of hydrogen-bond acceptors (Lipinski definition) is 3. The zero-order chi connectivity index (χ0) is 14.0. The second-order valence-corrected chi connectivity index (χ2v) is 6.21. The van der Waals surface area contributed by atoms with E-state index in [1.807, 2.05) is 6.92 Å². The van der Waals surface area contributed by atoms with Gasteiger partial charge in [0.2, 0.25) is 0 Å². The molecule has 0 fully saturated rings. The van der Waals surface area contributed by atoms with Crippen molar-refractivity contribution in [2.45, 2.75) is 24.7 Å². The summed E-state index contributed by atoms with van der Waals surface area (Å²) in [5, 5.41) is 8.95. The molecule has 0 radical (unpaired) electrons. The highest BCUT2D eigenvalue weighted by Crippen LogP contribution is 2.22. The molecule has 5 heteroatoms. The Labute approximate surface area is 113 Å². The van der Waals surface area contributed by atoms with E-state index in [4.69, 9.17) is 5.26 Å². The van der Waals surface area contributed by atoms with Gasteiger partial charge in [-0.1, -0.05) is 17.7 Å². The SMILES string of the molecule is Cc1ccc(S(=O)(=O)n2cccc2[C@H](C)C#N)cc1. The summed E-state index contributed by atoms with van der Waals surface area (Å²) in [5.41, 5.74) is 1.47. The van der Waals surface area contributed by atoms with Crippen molar-refractivity contribution in [2.24, 2.45) is 0 Å². The second-order valence-electron chi connectivity index (χ2n) is 4.40. The lowest BCUT2D eigenvalue weighted by molar-refractivity contribution is 0.584. The highest BCUT2D eigenvalue weighted by atomic mass is 32.2. The Morgan fingerprint density at radius 2 is 1.84 bits per heavy atom. The lowest BCUT2D eigenvalue weighted by Gasteiger charge is -2.11. The summed E-state index contributed by atoms with van der Waals surface area (Å²) in [6, 6.07) is 12.0. The van der Waals surface area contributed by atoms with Crippen LogP contribution in [-0.4, -0.2) is 12.4 Å². The average Bonchev–Trinajstić information content (AvgIpc) is 2.88. The molecule has 19 heavy (non-hydrogen) atoms. The Morgan fingerprint density at radius 3 is 2.42 bits per heavy atom. The monoisotopic (exact) mass is 274 g/mol. The van der Waals surface area contributed by atoms with E-state index in [0.717, 1.165) is 5.56 Å². The van der Waals surface area contributed by atoms with Crippen LogP contribution in [0, 0.1) is 18.3 Å². The fourth-order valence-electron chi connectivity index (χ4n) is 1.82. The summed E-state index contributed by atoms with van der Waals surface area (Å²) < 4.78 is 26.2. The van der Waals surface area contributed by atoms with Gasteiger partial charge < -0.3 is 0 Å². The van der Waals surface area contributed by atoms with Crippen LogP contribution in [0.5, 0.6) is 0 Å². The van der Waals surface area contributed by atoms with Crippen LogP contribution in [-0.2, 0) is 10.0 Å². The first-order chi connectivity index (χ1) is 8.96. The maximum atomic E-state index is 12.5. The molecular weight excluding hydrogens is 260 g/mol. The van der Waals surface area contributed by atoms with Crippen LogP contribution < -0.4 is 0 Å². The molecule has 0 saturated heterocycles.